The van der Waals surface area contributed by atoms with Crippen molar-refractivity contribution in [1.29, 1.82) is 0 Å². The van der Waals surface area contributed by atoms with Gasteiger partial charge in [0.25, 0.3) is 5.56 Å². The molecule has 2 aromatic rings. The van der Waals surface area contributed by atoms with Crippen LogP contribution in [0.1, 0.15) is 17.0 Å². The van der Waals surface area contributed by atoms with Crippen LogP contribution < -0.4 is 5.56 Å². The van der Waals surface area contributed by atoms with Gasteiger partial charge in [-0.3, -0.25) is 9.78 Å². The van der Waals surface area contributed by atoms with Gasteiger partial charge in [0.1, 0.15) is 5.69 Å². The van der Waals surface area contributed by atoms with Crippen LogP contribution in [-0.2, 0) is 0 Å². The molecule has 1 aromatic heterocycles. The summed E-state index contributed by atoms with van der Waals surface area (Å²) < 4.78 is 1.40. The molecule has 0 radical (unpaired) electrons. The molecule has 0 bridgehead atoms. The second-order valence-corrected chi connectivity index (χ2v) is 6.31. The molecule has 0 saturated carbocycles. The van der Waals surface area contributed by atoms with Crippen LogP contribution in [0.4, 0.5) is 0 Å². The van der Waals surface area contributed by atoms with Gasteiger partial charge in [0, 0.05) is 28.7 Å². The molecule has 26 heavy (non-hydrogen) atoms. The highest BCUT2D eigenvalue weighted by atomic mass is 35.5. The summed E-state index contributed by atoms with van der Waals surface area (Å²) in [6.45, 7) is 1.95. The molecule has 0 amide bonds. The summed E-state index contributed by atoms with van der Waals surface area (Å²) in [7, 11) is 0. The molecule has 128 valence electrons. The van der Waals surface area contributed by atoms with E-state index < -0.39 is 0 Å². The number of benzene rings is 1. The minimum atomic E-state index is -0.175. The lowest BCUT2D eigenvalue weighted by atomic mass is 10.1. The van der Waals surface area contributed by atoms with Gasteiger partial charge in [-0.25, -0.2) is 0 Å². The first-order valence-corrected chi connectivity index (χ1v) is 8.47. The van der Waals surface area contributed by atoms with Gasteiger partial charge in [-0.15, -0.1) is 0 Å². The normalized spacial score (nSPS) is 11.5. The van der Waals surface area contributed by atoms with E-state index in [9.17, 15) is 4.79 Å². The smallest absolute Gasteiger partial charge is 0.282 e. The molecule has 0 aliphatic carbocycles. The van der Waals surface area contributed by atoms with Crippen LogP contribution >= 0.6 is 11.6 Å². The van der Waals surface area contributed by atoms with Crippen molar-refractivity contribution in [3.8, 4) is 16.9 Å². The monoisotopic (exact) mass is 362 g/mol. The van der Waals surface area contributed by atoms with Crippen LogP contribution in [0.2, 0.25) is 5.02 Å². The van der Waals surface area contributed by atoms with Crippen molar-refractivity contribution in [2.24, 2.45) is 0 Å². The van der Waals surface area contributed by atoms with Gasteiger partial charge < -0.3 is 4.98 Å². The first-order valence-electron chi connectivity index (χ1n) is 8.09. The number of hydrogen-bond acceptors (Lipinski definition) is 3. The van der Waals surface area contributed by atoms with Crippen LogP contribution in [-0.4, -0.2) is 19.7 Å². The fourth-order valence-electron chi connectivity index (χ4n) is 2.78. The van der Waals surface area contributed by atoms with Crippen LogP contribution in [0.3, 0.4) is 0 Å². The van der Waals surface area contributed by atoms with Gasteiger partial charge in [0.05, 0.1) is 16.9 Å². The van der Waals surface area contributed by atoms with Crippen LogP contribution in [0, 0.1) is 6.92 Å². The zero-order valence-electron chi connectivity index (χ0n) is 14.0. The van der Waals surface area contributed by atoms with Gasteiger partial charge in [-0.2, -0.15) is 9.78 Å². The maximum atomic E-state index is 12.8. The lowest BCUT2D eigenvalue weighted by Crippen LogP contribution is -2.14. The van der Waals surface area contributed by atoms with Crippen molar-refractivity contribution < 1.29 is 0 Å². The molecule has 1 N–H and O–H groups in total. The summed E-state index contributed by atoms with van der Waals surface area (Å²) in [5, 5.41) is 5.17. The Morgan fingerprint density at radius 1 is 1.12 bits per heavy atom. The molecular weight excluding hydrogens is 348 g/mol. The van der Waals surface area contributed by atoms with E-state index in [4.69, 9.17) is 11.6 Å². The van der Waals surface area contributed by atoms with E-state index in [0.717, 1.165) is 17.0 Å². The molecule has 1 aromatic carbocycles. The Hall–Kier alpha value is -3.18. The third-order valence-corrected chi connectivity index (χ3v) is 4.40. The first kappa shape index (κ1) is 16.3. The average Bonchev–Trinajstić information content (AvgIpc) is 2.99. The molecule has 0 atom stereocenters. The fraction of sp³-hybridized carbons (Fsp3) is 0.0500. The fourth-order valence-corrected chi connectivity index (χ4v) is 2.91. The number of nitrogens with one attached hydrogen (secondary N) is 1. The van der Waals surface area contributed by atoms with Crippen molar-refractivity contribution in [3.05, 3.63) is 87.2 Å². The number of pyridine rings is 2. The summed E-state index contributed by atoms with van der Waals surface area (Å²) in [5.74, 6) is 0. The van der Waals surface area contributed by atoms with Gasteiger partial charge >= 0.3 is 0 Å². The van der Waals surface area contributed by atoms with Crippen molar-refractivity contribution in [2.75, 3.05) is 0 Å². The van der Waals surface area contributed by atoms with Crippen LogP contribution in [0.5, 0.6) is 0 Å². The topological polar surface area (TPSA) is 63.6 Å². The van der Waals surface area contributed by atoms with Crippen molar-refractivity contribution in [1.82, 2.24) is 19.7 Å². The Morgan fingerprint density at radius 3 is 2.65 bits per heavy atom. The Morgan fingerprint density at radius 2 is 1.92 bits per heavy atom. The minimum Gasteiger partial charge on any atom is -0.364 e. The number of H-pyrrole nitrogens is 1. The Kier molecular flexibility index (Phi) is 4.14. The van der Waals surface area contributed by atoms with E-state index in [0.29, 0.717) is 22.0 Å². The quantitative estimate of drug-likeness (QED) is 0.594. The number of fused-ring (bicyclic) bond motifs is 1. The van der Waals surface area contributed by atoms with E-state index in [1.54, 1.807) is 36.7 Å². The predicted molar refractivity (Wildman–Crippen MR) is 104 cm³/mol. The summed E-state index contributed by atoms with van der Waals surface area (Å²) in [6, 6.07) is 12.7. The van der Waals surface area contributed by atoms with Gasteiger partial charge in [-0.1, -0.05) is 17.7 Å². The Balaban J connectivity index is 1.85. The molecule has 2 aliphatic heterocycles. The lowest BCUT2D eigenvalue weighted by Gasteiger charge is -2.05. The Bertz CT molecular complexity index is 1110. The number of hydrogen-bond donors (Lipinski definition) is 1. The molecule has 0 fully saturated rings. The third kappa shape index (κ3) is 2.93. The first-order chi connectivity index (χ1) is 12.6. The zero-order valence-corrected chi connectivity index (χ0v) is 14.7. The largest absolute Gasteiger partial charge is 0.364 e. The standard InChI is InChI=1S/C20H15ClN4O/c1-13-17(10-7-15-4-2-3-11-22-15)19-18(12-23-13)20(26)25(24-19)16-8-5-14(21)6-9-16/h2-12,23H,1H3/b10-7+. The summed E-state index contributed by atoms with van der Waals surface area (Å²) in [6.07, 6.45) is 7.27. The molecule has 6 heteroatoms. The molecule has 0 unspecified atom stereocenters. The van der Waals surface area contributed by atoms with Crippen LogP contribution in [0.25, 0.3) is 29.1 Å². The van der Waals surface area contributed by atoms with E-state index in [-0.39, 0.29) is 5.56 Å². The maximum Gasteiger partial charge on any atom is 0.282 e. The second-order valence-electron chi connectivity index (χ2n) is 5.87. The number of aromatic nitrogens is 4. The summed E-state index contributed by atoms with van der Waals surface area (Å²) >= 11 is 5.94. The van der Waals surface area contributed by atoms with E-state index in [1.807, 2.05) is 37.3 Å². The number of aromatic amines is 1. The van der Waals surface area contributed by atoms with Gasteiger partial charge in [0.2, 0.25) is 0 Å². The van der Waals surface area contributed by atoms with Gasteiger partial charge in [-0.05, 0) is 55.5 Å². The molecule has 4 rings (SSSR count). The van der Waals surface area contributed by atoms with Gasteiger partial charge in [0.15, 0.2) is 0 Å². The highest BCUT2D eigenvalue weighted by molar-refractivity contribution is 6.30. The number of halogens is 1. The number of nitrogens with zero attached hydrogens (tertiary/aromatic N) is 3. The molecule has 2 aliphatic rings. The van der Waals surface area contributed by atoms with Crippen molar-refractivity contribution >= 4 is 23.8 Å². The lowest BCUT2D eigenvalue weighted by molar-refractivity contribution is 0.857. The molecule has 3 heterocycles. The van der Waals surface area contributed by atoms with E-state index in [2.05, 4.69) is 15.1 Å². The number of aryl methyl sites for hydroxylation is 1. The average molecular weight is 363 g/mol. The van der Waals surface area contributed by atoms with E-state index >= 15 is 0 Å². The second kappa shape index (κ2) is 6.61. The summed E-state index contributed by atoms with van der Waals surface area (Å²) in [5.41, 5.74) is 4.30. The maximum absolute atomic E-state index is 12.8. The zero-order chi connectivity index (χ0) is 18.1. The van der Waals surface area contributed by atoms with Crippen molar-refractivity contribution in [2.45, 2.75) is 6.92 Å². The minimum absolute atomic E-state index is 0.175. The SMILES string of the molecule is Cc1[nH]cc2c(=O)n(-c3ccc(Cl)cc3)nc-2c1/C=C/c1ccccn1. The van der Waals surface area contributed by atoms with Crippen LogP contribution in [0.15, 0.2) is 59.7 Å². The number of rotatable bonds is 3. The molecule has 0 spiro atoms. The summed E-state index contributed by atoms with van der Waals surface area (Å²) in [4.78, 5) is 20.2. The van der Waals surface area contributed by atoms with E-state index in [1.165, 1.54) is 4.68 Å². The predicted octanol–water partition coefficient (Wildman–Crippen LogP) is 4.19. The Labute approximate surface area is 154 Å². The molecule has 0 saturated heterocycles. The molecule has 5 nitrogen and oxygen atoms in total. The van der Waals surface area contributed by atoms with Crippen molar-refractivity contribution in [3.63, 3.8) is 0 Å². The highest BCUT2D eigenvalue weighted by Crippen LogP contribution is 2.25. The third-order valence-electron chi connectivity index (χ3n) is 4.15. The molecular formula is C20H15ClN4O. The highest BCUT2D eigenvalue weighted by Gasteiger charge is 2.20.